The minimum Gasteiger partial charge on any atom is -0.376 e. The Morgan fingerprint density at radius 3 is 2.65 bits per heavy atom. The molecule has 0 radical (unpaired) electrons. The average Bonchev–Trinajstić information content (AvgIpc) is 2.97. The number of aromatic nitrogens is 1. The third-order valence-corrected chi connectivity index (χ3v) is 5.18. The Labute approximate surface area is 137 Å². The van der Waals surface area contributed by atoms with E-state index in [1.54, 1.807) is 6.07 Å². The van der Waals surface area contributed by atoms with E-state index in [0.717, 1.165) is 31.7 Å². The molecule has 1 aromatic rings. The van der Waals surface area contributed by atoms with Gasteiger partial charge in [0, 0.05) is 44.6 Å². The van der Waals surface area contributed by atoms with Gasteiger partial charge in [-0.15, -0.1) is 0 Å². The molecular weight excluding hydrogens is 292 g/mol. The van der Waals surface area contributed by atoms with Gasteiger partial charge in [-0.1, -0.05) is 6.42 Å². The first-order chi connectivity index (χ1) is 11.0. The lowest BCUT2D eigenvalue weighted by Gasteiger charge is -2.34. The number of carbonyl (C=O) groups is 1. The molecule has 1 saturated heterocycles. The van der Waals surface area contributed by atoms with E-state index < -0.39 is 0 Å². The highest BCUT2D eigenvalue weighted by atomic mass is 16.5. The summed E-state index contributed by atoms with van der Waals surface area (Å²) in [5, 5.41) is 0. The Hall–Kier alpha value is -1.62. The number of pyridine rings is 1. The van der Waals surface area contributed by atoms with Gasteiger partial charge < -0.3 is 14.2 Å². The monoisotopic (exact) mass is 318 g/mol. The lowest BCUT2D eigenvalue weighted by molar-refractivity contribution is 0.0440. The SMILES string of the molecule is Cc1cc(=O)cc(C(=O)N(CC2CCC2)CC2CCCO2)n1C. The number of ether oxygens (including phenoxy) is 1. The maximum absolute atomic E-state index is 13.0. The summed E-state index contributed by atoms with van der Waals surface area (Å²) in [6.07, 6.45) is 5.88. The number of hydrogen-bond donors (Lipinski definition) is 0. The summed E-state index contributed by atoms with van der Waals surface area (Å²) in [4.78, 5) is 26.8. The minimum absolute atomic E-state index is 0.0456. The first-order valence-electron chi connectivity index (χ1n) is 8.63. The molecule has 0 bridgehead atoms. The van der Waals surface area contributed by atoms with Crippen LogP contribution in [0.1, 0.15) is 48.3 Å². The topological polar surface area (TPSA) is 51.5 Å². The standard InChI is InChI=1S/C18H26N2O3/c1-13-9-15(21)10-17(19(13)2)18(22)20(11-14-5-3-6-14)12-16-7-4-8-23-16/h9-10,14,16H,3-8,11-12H2,1-2H3. The molecular formula is C18H26N2O3. The maximum atomic E-state index is 13.0. The average molecular weight is 318 g/mol. The van der Waals surface area contributed by atoms with Crippen LogP contribution in [0.15, 0.2) is 16.9 Å². The van der Waals surface area contributed by atoms with Crippen molar-refractivity contribution < 1.29 is 9.53 Å². The molecule has 0 aromatic carbocycles. The van der Waals surface area contributed by atoms with Gasteiger partial charge >= 0.3 is 0 Å². The number of carbonyl (C=O) groups excluding carboxylic acids is 1. The highest BCUT2D eigenvalue weighted by Gasteiger charge is 2.29. The van der Waals surface area contributed by atoms with Crippen molar-refractivity contribution in [2.75, 3.05) is 19.7 Å². The fraction of sp³-hybridized carbons (Fsp3) is 0.667. The summed E-state index contributed by atoms with van der Waals surface area (Å²) in [7, 11) is 1.84. The Kier molecular flexibility index (Phi) is 4.85. The molecule has 5 nitrogen and oxygen atoms in total. The van der Waals surface area contributed by atoms with E-state index in [4.69, 9.17) is 4.74 Å². The second kappa shape index (κ2) is 6.87. The first kappa shape index (κ1) is 16.2. The zero-order chi connectivity index (χ0) is 16.4. The van der Waals surface area contributed by atoms with Crippen LogP contribution in [-0.4, -0.2) is 41.2 Å². The molecule has 1 aliphatic heterocycles. The predicted molar refractivity (Wildman–Crippen MR) is 88.6 cm³/mol. The molecule has 126 valence electrons. The molecule has 1 amide bonds. The molecule has 2 aliphatic rings. The third-order valence-electron chi connectivity index (χ3n) is 5.18. The van der Waals surface area contributed by atoms with E-state index in [2.05, 4.69) is 0 Å². The van der Waals surface area contributed by atoms with Gasteiger partial charge in [0.1, 0.15) is 5.69 Å². The lowest BCUT2D eigenvalue weighted by atomic mass is 9.85. The minimum atomic E-state index is -0.107. The van der Waals surface area contributed by atoms with Gasteiger partial charge in [-0.3, -0.25) is 9.59 Å². The molecule has 1 aromatic heterocycles. The van der Waals surface area contributed by atoms with Crippen molar-refractivity contribution >= 4 is 5.91 Å². The highest BCUT2D eigenvalue weighted by molar-refractivity contribution is 5.92. The third kappa shape index (κ3) is 3.66. The van der Waals surface area contributed by atoms with Crippen molar-refractivity contribution in [3.8, 4) is 0 Å². The normalized spacial score (nSPS) is 21.2. The molecule has 1 unspecified atom stereocenters. The second-order valence-corrected chi connectivity index (χ2v) is 6.92. The van der Waals surface area contributed by atoms with Crippen LogP contribution >= 0.6 is 0 Å². The lowest BCUT2D eigenvalue weighted by Crippen LogP contribution is -2.43. The molecule has 1 atom stereocenters. The van der Waals surface area contributed by atoms with E-state index in [0.29, 0.717) is 18.2 Å². The van der Waals surface area contributed by atoms with Crippen LogP contribution in [0.5, 0.6) is 0 Å². The van der Waals surface area contributed by atoms with Crippen LogP contribution in [0.3, 0.4) is 0 Å². The van der Waals surface area contributed by atoms with Gasteiger partial charge in [0.25, 0.3) is 5.91 Å². The van der Waals surface area contributed by atoms with Crippen molar-refractivity contribution in [1.82, 2.24) is 9.47 Å². The van der Waals surface area contributed by atoms with E-state index in [9.17, 15) is 9.59 Å². The van der Waals surface area contributed by atoms with Gasteiger partial charge in [0.2, 0.25) is 0 Å². The van der Waals surface area contributed by atoms with Crippen LogP contribution < -0.4 is 5.43 Å². The zero-order valence-electron chi connectivity index (χ0n) is 14.1. The van der Waals surface area contributed by atoms with Gasteiger partial charge in [0.05, 0.1) is 6.10 Å². The summed E-state index contributed by atoms with van der Waals surface area (Å²) in [5.41, 5.74) is 1.18. The molecule has 1 saturated carbocycles. The van der Waals surface area contributed by atoms with Gasteiger partial charge in [0.15, 0.2) is 5.43 Å². The van der Waals surface area contributed by atoms with Crippen LogP contribution in [0.4, 0.5) is 0 Å². The van der Waals surface area contributed by atoms with Crippen LogP contribution in [0, 0.1) is 12.8 Å². The van der Waals surface area contributed by atoms with Crippen LogP contribution in [-0.2, 0) is 11.8 Å². The van der Waals surface area contributed by atoms with E-state index in [1.165, 1.54) is 25.3 Å². The summed E-state index contributed by atoms with van der Waals surface area (Å²) in [6.45, 7) is 4.06. The molecule has 5 heteroatoms. The number of nitrogens with zero attached hydrogens (tertiary/aromatic N) is 2. The van der Waals surface area contributed by atoms with Crippen molar-refractivity contribution in [2.24, 2.45) is 13.0 Å². The maximum Gasteiger partial charge on any atom is 0.270 e. The predicted octanol–water partition coefficient (Wildman–Crippen LogP) is 2.12. The van der Waals surface area contributed by atoms with Crippen molar-refractivity contribution in [3.63, 3.8) is 0 Å². The number of aryl methyl sites for hydroxylation is 1. The van der Waals surface area contributed by atoms with Crippen molar-refractivity contribution in [3.05, 3.63) is 33.7 Å². The smallest absolute Gasteiger partial charge is 0.270 e. The first-order valence-corrected chi connectivity index (χ1v) is 8.63. The van der Waals surface area contributed by atoms with E-state index in [-0.39, 0.29) is 17.4 Å². The molecule has 23 heavy (non-hydrogen) atoms. The molecule has 2 fully saturated rings. The molecule has 0 N–H and O–H groups in total. The summed E-state index contributed by atoms with van der Waals surface area (Å²) < 4.78 is 7.53. The highest BCUT2D eigenvalue weighted by Crippen LogP contribution is 2.28. The van der Waals surface area contributed by atoms with E-state index in [1.807, 2.05) is 23.4 Å². The molecule has 0 spiro atoms. The number of amides is 1. The van der Waals surface area contributed by atoms with Crippen molar-refractivity contribution in [1.29, 1.82) is 0 Å². The summed E-state index contributed by atoms with van der Waals surface area (Å²) in [6, 6.07) is 3.02. The molecule has 1 aliphatic carbocycles. The van der Waals surface area contributed by atoms with Crippen molar-refractivity contribution in [2.45, 2.75) is 45.1 Å². The van der Waals surface area contributed by atoms with Gasteiger partial charge in [-0.2, -0.15) is 0 Å². The van der Waals surface area contributed by atoms with Crippen LogP contribution in [0.2, 0.25) is 0 Å². The summed E-state index contributed by atoms with van der Waals surface area (Å²) >= 11 is 0. The Balaban J connectivity index is 1.82. The summed E-state index contributed by atoms with van der Waals surface area (Å²) in [5.74, 6) is 0.554. The van der Waals surface area contributed by atoms with Gasteiger partial charge in [-0.05, 0) is 38.5 Å². The Morgan fingerprint density at radius 2 is 2.04 bits per heavy atom. The quantitative estimate of drug-likeness (QED) is 0.835. The van der Waals surface area contributed by atoms with Gasteiger partial charge in [-0.25, -0.2) is 0 Å². The largest absolute Gasteiger partial charge is 0.376 e. The Bertz CT molecular complexity index is 628. The fourth-order valence-electron chi connectivity index (χ4n) is 3.39. The molecule has 2 heterocycles. The zero-order valence-corrected chi connectivity index (χ0v) is 14.1. The number of hydrogen-bond acceptors (Lipinski definition) is 3. The second-order valence-electron chi connectivity index (χ2n) is 6.92. The van der Waals surface area contributed by atoms with Crippen LogP contribution in [0.25, 0.3) is 0 Å². The fourth-order valence-corrected chi connectivity index (χ4v) is 3.39. The van der Waals surface area contributed by atoms with E-state index >= 15 is 0 Å². The Morgan fingerprint density at radius 1 is 1.26 bits per heavy atom. The number of rotatable bonds is 5. The molecule has 3 rings (SSSR count).